The average Bonchev–Trinajstić information content (AvgIpc) is 3.36. The fourth-order valence-corrected chi connectivity index (χ4v) is 4.94. The highest BCUT2D eigenvalue weighted by atomic mass is 32.2. The van der Waals surface area contributed by atoms with Gasteiger partial charge in [-0.05, 0) is 41.8 Å². The SMILES string of the molecule is COc1ccc(CCN(C)C(=O)CSc2nnc(Cc3ccccc3)n2-c2ccccc2OC)cc1OC. The summed E-state index contributed by atoms with van der Waals surface area (Å²) in [5.74, 6) is 3.09. The van der Waals surface area contributed by atoms with Gasteiger partial charge in [0.15, 0.2) is 16.7 Å². The zero-order chi connectivity index (χ0) is 26.9. The van der Waals surface area contributed by atoms with Crippen LogP contribution in [-0.4, -0.2) is 66.2 Å². The molecular formula is C29H32N4O4S. The topological polar surface area (TPSA) is 78.7 Å². The van der Waals surface area contributed by atoms with Crippen molar-refractivity contribution in [2.24, 2.45) is 0 Å². The van der Waals surface area contributed by atoms with E-state index in [1.54, 1.807) is 26.2 Å². The summed E-state index contributed by atoms with van der Waals surface area (Å²) in [4.78, 5) is 14.7. The molecule has 0 aliphatic rings. The van der Waals surface area contributed by atoms with Crippen molar-refractivity contribution in [2.45, 2.75) is 18.0 Å². The Morgan fingerprint density at radius 1 is 0.842 bits per heavy atom. The molecule has 0 saturated heterocycles. The largest absolute Gasteiger partial charge is 0.495 e. The summed E-state index contributed by atoms with van der Waals surface area (Å²) in [6.07, 6.45) is 1.30. The number of likely N-dealkylation sites (N-methyl/N-ethyl adjacent to an activating group) is 1. The van der Waals surface area contributed by atoms with E-state index in [0.29, 0.717) is 41.8 Å². The highest BCUT2D eigenvalue weighted by Gasteiger charge is 2.20. The van der Waals surface area contributed by atoms with Crippen LogP contribution in [0.4, 0.5) is 0 Å². The molecule has 0 fully saturated rings. The standard InChI is InChI=1S/C29H32N4O4S/c1-32(17-16-22-14-15-25(36-3)26(18-22)37-4)28(34)20-38-29-31-30-27(19-21-10-6-5-7-11-21)33(29)23-12-8-9-13-24(23)35-2/h5-15,18H,16-17,19-20H2,1-4H3. The molecule has 0 aliphatic heterocycles. The molecule has 1 amide bonds. The monoisotopic (exact) mass is 532 g/mol. The summed E-state index contributed by atoms with van der Waals surface area (Å²) in [6, 6.07) is 23.7. The third-order valence-corrected chi connectivity index (χ3v) is 7.08. The highest BCUT2D eigenvalue weighted by molar-refractivity contribution is 7.99. The number of para-hydroxylation sites is 2. The van der Waals surface area contributed by atoms with E-state index < -0.39 is 0 Å². The molecule has 198 valence electrons. The van der Waals surface area contributed by atoms with Crippen LogP contribution in [0.3, 0.4) is 0 Å². The Morgan fingerprint density at radius 3 is 2.29 bits per heavy atom. The second-order valence-electron chi connectivity index (χ2n) is 8.61. The van der Waals surface area contributed by atoms with Crippen molar-refractivity contribution < 1.29 is 19.0 Å². The van der Waals surface area contributed by atoms with Gasteiger partial charge in [0.1, 0.15) is 11.6 Å². The predicted octanol–water partition coefficient (Wildman–Crippen LogP) is 4.68. The van der Waals surface area contributed by atoms with Gasteiger partial charge in [-0.25, -0.2) is 0 Å². The Hall–Kier alpha value is -3.98. The van der Waals surface area contributed by atoms with Crippen LogP contribution < -0.4 is 14.2 Å². The number of aromatic nitrogens is 3. The first kappa shape index (κ1) is 27.1. The van der Waals surface area contributed by atoms with Crippen LogP contribution in [-0.2, 0) is 17.6 Å². The Morgan fingerprint density at radius 2 is 1.55 bits per heavy atom. The van der Waals surface area contributed by atoms with Gasteiger partial charge in [0.25, 0.3) is 0 Å². The number of hydrogen-bond donors (Lipinski definition) is 0. The number of carbonyl (C=O) groups is 1. The summed E-state index contributed by atoms with van der Waals surface area (Å²) >= 11 is 1.37. The number of thioether (sulfide) groups is 1. The van der Waals surface area contributed by atoms with E-state index in [0.717, 1.165) is 22.6 Å². The van der Waals surface area contributed by atoms with Gasteiger partial charge in [-0.1, -0.05) is 60.3 Å². The Kier molecular flexibility index (Phi) is 9.26. The number of ether oxygens (including phenoxy) is 3. The quantitative estimate of drug-likeness (QED) is 0.245. The minimum absolute atomic E-state index is 0.00895. The molecule has 0 atom stereocenters. The van der Waals surface area contributed by atoms with Gasteiger partial charge in [0.2, 0.25) is 5.91 Å². The molecule has 9 heteroatoms. The normalized spacial score (nSPS) is 10.7. The third-order valence-electron chi connectivity index (χ3n) is 6.17. The van der Waals surface area contributed by atoms with Crippen LogP contribution in [0.2, 0.25) is 0 Å². The maximum absolute atomic E-state index is 13.0. The Labute approximate surface area is 227 Å². The van der Waals surface area contributed by atoms with Crippen molar-refractivity contribution in [1.82, 2.24) is 19.7 Å². The summed E-state index contributed by atoms with van der Waals surface area (Å²) < 4.78 is 18.3. The van der Waals surface area contributed by atoms with E-state index in [4.69, 9.17) is 14.2 Å². The lowest BCUT2D eigenvalue weighted by atomic mass is 10.1. The molecule has 0 aliphatic carbocycles. The number of hydrogen-bond acceptors (Lipinski definition) is 7. The van der Waals surface area contributed by atoms with E-state index in [1.807, 2.05) is 72.3 Å². The smallest absolute Gasteiger partial charge is 0.232 e. The van der Waals surface area contributed by atoms with Crippen LogP contribution in [0.1, 0.15) is 17.0 Å². The number of methoxy groups -OCH3 is 3. The summed E-state index contributed by atoms with van der Waals surface area (Å²) in [6.45, 7) is 0.577. The van der Waals surface area contributed by atoms with E-state index in [-0.39, 0.29) is 11.7 Å². The molecule has 0 bridgehead atoms. The Balaban J connectivity index is 1.47. The highest BCUT2D eigenvalue weighted by Crippen LogP contribution is 2.30. The molecule has 0 N–H and O–H groups in total. The van der Waals surface area contributed by atoms with Gasteiger partial charge < -0.3 is 19.1 Å². The predicted molar refractivity (Wildman–Crippen MR) is 149 cm³/mol. The second kappa shape index (κ2) is 13.0. The molecule has 4 rings (SSSR count). The maximum atomic E-state index is 13.0. The lowest BCUT2D eigenvalue weighted by molar-refractivity contribution is -0.127. The van der Waals surface area contributed by atoms with E-state index >= 15 is 0 Å². The van der Waals surface area contributed by atoms with E-state index in [1.165, 1.54) is 11.8 Å². The zero-order valence-corrected chi connectivity index (χ0v) is 22.9. The van der Waals surface area contributed by atoms with E-state index in [9.17, 15) is 4.79 Å². The van der Waals surface area contributed by atoms with E-state index in [2.05, 4.69) is 22.3 Å². The van der Waals surface area contributed by atoms with Gasteiger partial charge in [-0.2, -0.15) is 0 Å². The molecule has 38 heavy (non-hydrogen) atoms. The first-order chi connectivity index (χ1) is 18.5. The first-order valence-corrected chi connectivity index (χ1v) is 13.2. The minimum atomic E-state index is 0.00895. The molecule has 4 aromatic rings. The van der Waals surface area contributed by atoms with Crippen LogP contribution in [0.25, 0.3) is 5.69 Å². The number of nitrogens with zero attached hydrogens (tertiary/aromatic N) is 4. The van der Waals surface area contributed by atoms with Crippen molar-refractivity contribution in [3.8, 4) is 22.9 Å². The van der Waals surface area contributed by atoms with Gasteiger partial charge in [-0.3, -0.25) is 9.36 Å². The molecule has 0 unspecified atom stereocenters. The zero-order valence-electron chi connectivity index (χ0n) is 22.1. The Bertz CT molecular complexity index is 1360. The number of benzene rings is 3. The van der Waals surface area contributed by atoms with Crippen molar-refractivity contribution in [3.63, 3.8) is 0 Å². The molecule has 3 aromatic carbocycles. The molecule has 8 nitrogen and oxygen atoms in total. The van der Waals surface area contributed by atoms with Crippen molar-refractivity contribution >= 4 is 17.7 Å². The van der Waals surface area contributed by atoms with Gasteiger partial charge >= 0.3 is 0 Å². The lowest BCUT2D eigenvalue weighted by Crippen LogP contribution is -2.30. The van der Waals surface area contributed by atoms with Gasteiger partial charge in [0.05, 0.1) is 32.8 Å². The van der Waals surface area contributed by atoms with Crippen molar-refractivity contribution in [2.75, 3.05) is 40.7 Å². The molecular weight excluding hydrogens is 500 g/mol. The van der Waals surface area contributed by atoms with Crippen LogP contribution in [0.15, 0.2) is 78.0 Å². The van der Waals surface area contributed by atoms with Crippen LogP contribution in [0, 0.1) is 0 Å². The fraction of sp³-hybridized carbons (Fsp3) is 0.276. The third kappa shape index (κ3) is 6.47. The van der Waals surface area contributed by atoms with Crippen LogP contribution in [0.5, 0.6) is 17.2 Å². The van der Waals surface area contributed by atoms with Crippen LogP contribution >= 0.6 is 11.8 Å². The molecule has 0 radical (unpaired) electrons. The molecule has 1 heterocycles. The summed E-state index contributed by atoms with van der Waals surface area (Å²) in [7, 11) is 6.68. The maximum Gasteiger partial charge on any atom is 0.232 e. The summed E-state index contributed by atoms with van der Waals surface area (Å²) in [5.41, 5.74) is 3.03. The summed E-state index contributed by atoms with van der Waals surface area (Å²) in [5, 5.41) is 9.57. The van der Waals surface area contributed by atoms with Gasteiger partial charge in [0, 0.05) is 20.0 Å². The second-order valence-corrected chi connectivity index (χ2v) is 9.55. The van der Waals surface area contributed by atoms with Crippen molar-refractivity contribution in [3.05, 3.63) is 89.7 Å². The number of carbonyl (C=O) groups excluding carboxylic acids is 1. The molecule has 0 spiro atoms. The number of amides is 1. The lowest BCUT2D eigenvalue weighted by Gasteiger charge is -2.18. The molecule has 1 aromatic heterocycles. The first-order valence-electron chi connectivity index (χ1n) is 12.2. The number of rotatable bonds is 12. The average molecular weight is 533 g/mol. The fourth-order valence-electron chi connectivity index (χ4n) is 4.04. The minimum Gasteiger partial charge on any atom is -0.495 e. The van der Waals surface area contributed by atoms with Gasteiger partial charge in [-0.15, -0.1) is 10.2 Å². The molecule has 0 saturated carbocycles. The van der Waals surface area contributed by atoms with Crippen molar-refractivity contribution in [1.29, 1.82) is 0 Å².